The summed E-state index contributed by atoms with van der Waals surface area (Å²) in [4.78, 5) is 35.6. The standard InChI is InChI=1S/C12H20ClN3O4/c1-12(2)10(19)14(11(20)15(12)13)6-5-7-16(3,4)8-9(17)18/h5-8H2,1-4H3. The molecule has 0 aliphatic carbocycles. The molecule has 7 nitrogen and oxygen atoms in total. The molecule has 1 aliphatic rings. The lowest BCUT2D eigenvalue weighted by molar-refractivity contribution is -0.884. The summed E-state index contributed by atoms with van der Waals surface area (Å²) >= 11 is 5.81. The Kier molecular flexibility index (Phi) is 4.66. The van der Waals surface area contributed by atoms with Crippen molar-refractivity contribution >= 4 is 29.7 Å². The number of likely N-dealkylation sites (N-methyl/N-ethyl adjacent to an activating group) is 1. The first kappa shape index (κ1) is 16.7. The predicted octanol–water partition coefficient (Wildman–Crippen LogP) is -0.601. The molecule has 0 radical (unpaired) electrons. The van der Waals surface area contributed by atoms with E-state index in [1.165, 1.54) is 0 Å². The van der Waals surface area contributed by atoms with Crippen LogP contribution in [0.4, 0.5) is 4.79 Å². The summed E-state index contributed by atoms with van der Waals surface area (Å²) in [7, 11) is 3.50. The zero-order chi connectivity index (χ0) is 15.7. The second-order valence-corrected chi connectivity index (χ2v) is 6.46. The third-order valence-electron chi connectivity index (χ3n) is 3.36. The van der Waals surface area contributed by atoms with Crippen LogP contribution in [0.5, 0.6) is 0 Å². The molecule has 114 valence electrons. The van der Waals surface area contributed by atoms with Gasteiger partial charge in [-0.15, -0.1) is 0 Å². The van der Waals surface area contributed by atoms with Crippen molar-refractivity contribution < 1.29 is 24.0 Å². The molecule has 0 aromatic heterocycles. The van der Waals surface area contributed by atoms with Crippen LogP contribution in [0, 0.1) is 0 Å². The van der Waals surface area contributed by atoms with Gasteiger partial charge in [0.2, 0.25) is 0 Å². The van der Waals surface area contributed by atoms with E-state index >= 15 is 0 Å². The van der Waals surface area contributed by atoms with Gasteiger partial charge in [0.15, 0.2) is 0 Å². The van der Waals surface area contributed by atoms with Crippen molar-refractivity contribution in [1.29, 1.82) is 0 Å². The van der Waals surface area contributed by atoms with Crippen molar-refractivity contribution in [3.63, 3.8) is 0 Å². The van der Waals surface area contributed by atoms with Crippen LogP contribution in [0.25, 0.3) is 0 Å². The summed E-state index contributed by atoms with van der Waals surface area (Å²) < 4.78 is 1.13. The van der Waals surface area contributed by atoms with E-state index in [-0.39, 0.29) is 23.5 Å². The SMILES string of the molecule is CC1(C)C(=O)N(CCC[N+](C)(C)CC(=O)[O-])C(=O)N1Cl. The summed E-state index contributed by atoms with van der Waals surface area (Å²) in [5.74, 6) is -1.47. The summed E-state index contributed by atoms with van der Waals surface area (Å²) in [6.07, 6.45) is 0.499. The third kappa shape index (κ3) is 3.40. The Morgan fingerprint density at radius 2 is 1.90 bits per heavy atom. The quantitative estimate of drug-likeness (QED) is 0.373. The van der Waals surface area contributed by atoms with Crippen LogP contribution in [-0.4, -0.2) is 71.0 Å². The molecule has 20 heavy (non-hydrogen) atoms. The average molecular weight is 306 g/mol. The molecule has 0 aromatic carbocycles. The Morgan fingerprint density at radius 3 is 2.30 bits per heavy atom. The third-order valence-corrected chi connectivity index (χ3v) is 3.93. The number of imide groups is 1. The van der Waals surface area contributed by atoms with Gasteiger partial charge in [-0.05, 0) is 13.8 Å². The number of carboxylic acids is 1. The zero-order valence-electron chi connectivity index (χ0n) is 12.2. The Hall–Kier alpha value is -1.34. The van der Waals surface area contributed by atoms with Crippen molar-refractivity contribution in [1.82, 2.24) is 9.32 Å². The second kappa shape index (κ2) is 5.57. The van der Waals surface area contributed by atoms with E-state index in [1.54, 1.807) is 27.9 Å². The van der Waals surface area contributed by atoms with Crippen molar-refractivity contribution in [3.05, 3.63) is 0 Å². The lowest BCUT2D eigenvalue weighted by atomic mass is 10.1. The highest BCUT2D eigenvalue weighted by atomic mass is 35.5. The largest absolute Gasteiger partial charge is 0.544 e. The molecule has 0 saturated carbocycles. The molecule has 0 spiro atoms. The lowest BCUT2D eigenvalue weighted by Gasteiger charge is -2.30. The maximum absolute atomic E-state index is 12.1. The monoisotopic (exact) mass is 305 g/mol. The maximum atomic E-state index is 12.1. The number of amides is 3. The van der Waals surface area contributed by atoms with Gasteiger partial charge < -0.3 is 14.4 Å². The van der Waals surface area contributed by atoms with Gasteiger partial charge in [-0.1, -0.05) is 0 Å². The summed E-state index contributed by atoms with van der Waals surface area (Å²) in [6.45, 7) is 3.77. The molecule has 0 aromatic rings. The molecule has 1 fully saturated rings. The van der Waals surface area contributed by atoms with Crippen LogP contribution in [0.3, 0.4) is 0 Å². The van der Waals surface area contributed by atoms with Crippen molar-refractivity contribution in [3.8, 4) is 0 Å². The first-order chi connectivity index (χ1) is 8.99. The predicted molar refractivity (Wildman–Crippen MR) is 70.3 cm³/mol. The number of quaternary nitrogens is 1. The number of carbonyl (C=O) groups is 3. The van der Waals surface area contributed by atoms with E-state index in [0.717, 1.165) is 9.32 Å². The fourth-order valence-electron chi connectivity index (χ4n) is 2.13. The molecule has 1 heterocycles. The molecule has 1 aliphatic heterocycles. The number of urea groups is 1. The van der Waals surface area contributed by atoms with E-state index in [9.17, 15) is 19.5 Å². The highest BCUT2D eigenvalue weighted by molar-refractivity contribution is 6.27. The maximum Gasteiger partial charge on any atom is 0.342 e. The van der Waals surface area contributed by atoms with Crippen molar-refractivity contribution in [2.45, 2.75) is 25.8 Å². The van der Waals surface area contributed by atoms with E-state index in [1.807, 2.05) is 0 Å². The number of nitrogens with zero attached hydrogens (tertiary/aromatic N) is 3. The van der Waals surface area contributed by atoms with Gasteiger partial charge >= 0.3 is 6.03 Å². The Bertz CT molecular complexity index is 436. The highest BCUT2D eigenvalue weighted by Gasteiger charge is 2.50. The fraction of sp³-hybridized carbons (Fsp3) is 0.750. The molecule has 0 atom stereocenters. The Balaban J connectivity index is 2.57. The smallest absolute Gasteiger partial charge is 0.342 e. The molecule has 0 bridgehead atoms. The van der Waals surface area contributed by atoms with Crippen LogP contribution in [-0.2, 0) is 9.59 Å². The molecule has 0 unspecified atom stereocenters. The van der Waals surface area contributed by atoms with Crippen LogP contribution in [0.2, 0.25) is 0 Å². The van der Waals surface area contributed by atoms with Gasteiger partial charge in [-0.2, -0.15) is 0 Å². The minimum atomic E-state index is -1.13. The fourth-order valence-corrected chi connectivity index (χ4v) is 2.29. The van der Waals surface area contributed by atoms with Crippen LogP contribution in [0.1, 0.15) is 20.3 Å². The first-order valence-corrected chi connectivity index (χ1v) is 6.66. The second-order valence-electron chi connectivity index (χ2n) is 6.12. The molecule has 1 rings (SSSR count). The topological polar surface area (TPSA) is 80.7 Å². The van der Waals surface area contributed by atoms with E-state index in [2.05, 4.69) is 0 Å². The van der Waals surface area contributed by atoms with Gasteiger partial charge in [0, 0.05) is 24.7 Å². The zero-order valence-corrected chi connectivity index (χ0v) is 12.9. The van der Waals surface area contributed by atoms with Gasteiger partial charge in [0.1, 0.15) is 12.1 Å². The molecule has 0 N–H and O–H groups in total. The Morgan fingerprint density at radius 1 is 1.35 bits per heavy atom. The summed E-state index contributed by atoms with van der Waals surface area (Å²) in [5.41, 5.74) is -1.05. The number of aliphatic carboxylic acids is 1. The van der Waals surface area contributed by atoms with E-state index in [4.69, 9.17) is 11.8 Å². The van der Waals surface area contributed by atoms with Gasteiger partial charge in [-0.3, -0.25) is 9.69 Å². The van der Waals surface area contributed by atoms with E-state index < -0.39 is 17.5 Å². The highest BCUT2D eigenvalue weighted by Crippen LogP contribution is 2.29. The number of halogens is 1. The Labute approximate surface area is 123 Å². The van der Waals surface area contributed by atoms with Gasteiger partial charge in [-0.25, -0.2) is 9.21 Å². The molecule has 8 heteroatoms. The number of hydrogen-bond donors (Lipinski definition) is 0. The van der Waals surface area contributed by atoms with Crippen LogP contribution < -0.4 is 5.11 Å². The first-order valence-electron chi connectivity index (χ1n) is 6.33. The number of carboxylic acid groups (broad SMARTS) is 1. The van der Waals surface area contributed by atoms with Gasteiger partial charge in [0.05, 0.1) is 26.6 Å². The molecule has 3 amide bonds. The van der Waals surface area contributed by atoms with Crippen molar-refractivity contribution in [2.75, 3.05) is 33.7 Å². The average Bonchev–Trinajstić information content (AvgIpc) is 2.42. The van der Waals surface area contributed by atoms with Crippen LogP contribution >= 0.6 is 11.8 Å². The summed E-state index contributed by atoms with van der Waals surface area (Å²) in [5, 5.41) is 10.6. The lowest BCUT2D eigenvalue weighted by Crippen LogP contribution is -2.49. The minimum absolute atomic E-state index is 0.116. The number of rotatable bonds is 6. The van der Waals surface area contributed by atoms with Crippen molar-refractivity contribution in [2.24, 2.45) is 0 Å². The number of carbonyl (C=O) groups excluding carboxylic acids is 3. The molecular weight excluding hydrogens is 286 g/mol. The minimum Gasteiger partial charge on any atom is -0.544 e. The van der Waals surface area contributed by atoms with Gasteiger partial charge in [0.25, 0.3) is 5.91 Å². The number of hydrogen-bond acceptors (Lipinski definition) is 4. The molecular formula is C12H20ClN3O4. The summed E-state index contributed by atoms with van der Waals surface area (Å²) in [6, 6.07) is -0.535. The van der Waals surface area contributed by atoms with Crippen LogP contribution in [0.15, 0.2) is 0 Å². The molecule has 1 saturated heterocycles. The van der Waals surface area contributed by atoms with E-state index in [0.29, 0.717) is 13.0 Å². The normalized spacial score (nSPS) is 18.9.